The summed E-state index contributed by atoms with van der Waals surface area (Å²) < 4.78 is 0. The molecule has 4 aliphatic carbocycles. The fourth-order valence-electron chi connectivity index (χ4n) is 9.77. The van der Waals surface area contributed by atoms with E-state index in [0.29, 0.717) is 31.0 Å². The number of allylic oxidation sites excluding steroid dienone is 1. The van der Waals surface area contributed by atoms with Crippen molar-refractivity contribution in [1.82, 2.24) is 0 Å². The number of ketones is 1. The van der Waals surface area contributed by atoms with E-state index in [9.17, 15) is 25.2 Å². The highest BCUT2D eigenvalue weighted by Gasteiger charge is 2.69. The summed E-state index contributed by atoms with van der Waals surface area (Å²) in [4.78, 5) is 12.9. The number of fused-ring (bicyclic) bond motifs is 5. The lowest BCUT2D eigenvalue weighted by Gasteiger charge is -2.69. The van der Waals surface area contributed by atoms with Crippen LogP contribution >= 0.6 is 0 Å². The Morgan fingerprint density at radius 1 is 1.03 bits per heavy atom. The van der Waals surface area contributed by atoms with Crippen molar-refractivity contribution in [3.8, 4) is 0 Å². The quantitative estimate of drug-likeness (QED) is 0.415. The predicted octanol–water partition coefficient (Wildman–Crippen LogP) is 4.79. The fraction of sp³-hybridized carbons (Fsp3) is 0.900. The lowest BCUT2D eigenvalue weighted by atomic mass is 9.36. The second-order valence-corrected chi connectivity index (χ2v) is 14.5. The number of aliphatic hydroxyl groups is 4. The maximum atomic E-state index is 12.9. The molecule has 5 heteroatoms. The molecular formula is C30H50O5. The fourth-order valence-corrected chi connectivity index (χ4v) is 9.77. The minimum Gasteiger partial charge on any atom is -0.392 e. The van der Waals surface area contributed by atoms with E-state index in [1.165, 1.54) is 25.0 Å². The monoisotopic (exact) mass is 490 g/mol. The van der Waals surface area contributed by atoms with Gasteiger partial charge in [-0.2, -0.15) is 0 Å². The third kappa shape index (κ3) is 3.82. The Hall–Kier alpha value is -0.750. The van der Waals surface area contributed by atoms with Crippen molar-refractivity contribution in [1.29, 1.82) is 0 Å². The molecule has 0 aliphatic heterocycles. The highest BCUT2D eigenvalue weighted by Crippen LogP contribution is 2.74. The van der Waals surface area contributed by atoms with Gasteiger partial charge in [-0.15, -0.1) is 0 Å². The Morgan fingerprint density at radius 3 is 2.26 bits per heavy atom. The van der Waals surface area contributed by atoms with Gasteiger partial charge in [0.15, 0.2) is 0 Å². The SMILES string of the molecule is C[C@H](C[C@H](O)[C@@H](O)C(C)(C)O)C1=C2C[C@H](O)[C@H]3[C@@]4(C)CCC(=O)C(C)(C)C4CC[C@]3(C)[C@@]2(C)CC1. The van der Waals surface area contributed by atoms with Crippen molar-refractivity contribution in [2.75, 3.05) is 0 Å². The highest BCUT2D eigenvalue weighted by atomic mass is 16.4. The summed E-state index contributed by atoms with van der Waals surface area (Å²) in [6.07, 6.45) is 3.96. The molecule has 4 N–H and O–H groups in total. The summed E-state index contributed by atoms with van der Waals surface area (Å²) in [5.74, 6) is 0.914. The van der Waals surface area contributed by atoms with E-state index in [1.807, 2.05) is 0 Å². The summed E-state index contributed by atoms with van der Waals surface area (Å²) in [5, 5.41) is 43.0. The Balaban J connectivity index is 1.68. The zero-order chi connectivity index (χ0) is 26.4. The topological polar surface area (TPSA) is 98.0 Å². The standard InChI is InChI=1S/C30H50O5/c1-17(15-21(32)25(34)27(4,5)35)18-9-13-29(7)19(18)16-20(31)24-28(6)12-11-23(33)26(2,3)22(28)10-14-30(24,29)8/h17,20-22,24-25,31-32,34-35H,9-16H2,1-8H3/t17-,20+,21+,22?,24+,25-,28+,29+,30+/m1/s1. The van der Waals surface area contributed by atoms with Crippen molar-refractivity contribution in [2.45, 2.75) is 131 Å². The summed E-state index contributed by atoms with van der Waals surface area (Å²) in [5.41, 5.74) is 0.895. The molecule has 1 unspecified atom stereocenters. The predicted molar refractivity (Wildman–Crippen MR) is 138 cm³/mol. The zero-order valence-corrected chi connectivity index (χ0v) is 23.3. The molecular weight excluding hydrogens is 440 g/mol. The van der Waals surface area contributed by atoms with E-state index in [1.54, 1.807) is 0 Å². The first-order chi connectivity index (χ1) is 15.9. The first-order valence-electron chi connectivity index (χ1n) is 13.9. The van der Waals surface area contributed by atoms with Crippen LogP contribution in [0.4, 0.5) is 0 Å². The van der Waals surface area contributed by atoms with Crippen molar-refractivity contribution in [3.63, 3.8) is 0 Å². The molecule has 3 saturated carbocycles. The molecule has 200 valence electrons. The average molecular weight is 491 g/mol. The molecule has 0 amide bonds. The van der Waals surface area contributed by atoms with Gasteiger partial charge in [-0.3, -0.25) is 4.79 Å². The number of rotatable bonds is 5. The number of Topliss-reactive ketones (excluding diaryl/α,β-unsaturated/α-hetero) is 1. The number of carbonyl (C=O) groups is 1. The van der Waals surface area contributed by atoms with Gasteiger partial charge >= 0.3 is 0 Å². The second kappa shape index (κ2) is 8.38. The molecule has 5 nitrogen and oxygen atoms in total. The molecule has 0 saturated heterocycles. The van der Waals surface area contributed by atoms with Crippen LogP contribution in [-0.2, 0) is 4.79 Å². The molecule has 0 aromatic heterocycles. The zero-order valence-electron chi connectivity index (χ0n) is 23.3. The Labute approximate surface area is 212 Å². The van der Waals surface area contributed by atoms with E-state index in [2.05, 4.69) is 41.5 Å². The molecule has 0 bridgehead atoms. The van der Waals surface area contributed by atoms with Gasteiger partial charge in [0.2, 0.25) is 0 Å². The van der Waals surface area contributed by atoms with E-state index in [-0.39, 0.29) is 33.5 Å². The van der Waals surface area contributed by atoms with Gasteiger partial charge in [-0.1, -0.05) is 52.7 Å². The van der Waals surface area contributed by atoms with Gasteiger partial charge in [0, 0.05) is 11.8 Å². The lowest BCUT2D eigenvalue weighted by molar-refractivity contribution is -0.208. The van der Waals surface area contributed by atoms with Crippen LogP contribution in [0.2, 0.25) is 0 Å². The minimum absolute atomic E-state index is 0.0140. The van der Waals surface area contributed by atoms with Gasteiger partial charge in [0.25, 0.3) is 0 Å². The van der Waals surface area contributed by atoms with Crippen molar-refractivity contribution in [2.24, 2.45) is 39.4 Å². The van der Waals surface area contributed by atoms with E-state index >= 15 is 0 Å². The molecule has 3 fully saturated rings. The second-order valence-electron chi connectivity index (χ2n) is 14.5. The molecule has 0 aromatic carbocycles. The van der Waals surface area contributed by atoms with Crippen LogP contribution in [0.25, 0.3) is 0 Å². The van der Waals surface area contributed by atoms with Crippen molar-refractivity contribution in [3.05, 3.63) is 11.1 Å². The van der Waals surface area contributed by atoms with Crippen LogP contribution in [0.5, 0.6) is 0 Å². The third-order valence-electron chi connectivity index (χ3n) is 11.9. The first-order valence-corrected chi connectivity index (χ1v) is 13.9. The van der Waals surface area contributed by atoms with Crippen LogP contribution in [-0.4, -0.2) is 50.1 Å². The molecule has 35 heavy (non-hydrogen) atoms. The third-order valence-corrected chi connectivity index (χ3v) is 11.9. The van der Waals surface area contributed by atoms with E-state index in [0.717, 1.165) is 32.1 Å². The number of hydrogen-bond acceptors (Lipinski definition) is 5. The van der Waals surface area contributed by atoms with Gasteiger partial charge in [-0.05, 0) is 92.8 Å². The first kappa shape index (κ1) is 27.3. The molecule has 4 rings (SSSR count). The van der Waals surface area contributed by atoms with Crippen LogP contribution in [0, 0.1) is 39.4 Å². The van der Waals surface area contributed by atoms with Crippen LogP contribution in [0.1, 0.15) is 107 Å². The highest BCUT2D eigenvalue weighted by molar-refractivity contribution is 5.85. The molecule has 9 atom stereocenters. The Bertz CT molecular complexity index is 899. The average Bonchev–Trinajstić information content (AvgIpc) is 3.07. The molecule has 0 spiro atoms. The maximum absolute atomic E-state index is 12.9. The molecule has 4 aliphatic rings. The van der Waals surface area contributed by atoms with Crippen molar-refractivity contribution < 1.29 is 25.2 Å². The summed E-state index contributed by atoms with van der Waals surface area (Å²) in [7, 11) is 0. The summed E-state index contributed by atoms with van der Waals surface area (Å²) in [6.45, 7) is 16.6. The van der Waals surface area contributed by atoms with E-state index < -0.39 is 23.9 Å². The summed E-state index contributed by atoms with van der Waals surface area (Å²) in [6, 6.07) is 0. The van der Waals surface area contributed by atoms with Crippen LogP contribution < -0.4 is 0 Å². The van der Waals surface area contributed by atoms with Gasteiger partial charge in [0.05, 0.1) is 17.8 Å². The maximum Gasteiger partial charge on any atom is 0.138 e. The lowest BCUT2D eigenvalue weighted by Crippen LogP contribution is -2.65. The van der Waals surface area contributed by atoms with Gasteiger partial charge < -0.3 is 20.4 Å². The van der Waals surface area contributed by atoms with Crippen LogP contribution in [0.15, 0.2) is 11.1 Å². The Kier molecular flexibility index (Phi) is 6.53. The largest absolute Gasteiger partial charge is 0.392 e. The summed E-state index contributed by atoms with van der Waals surface area (Å²) >= 11 is 0. The van der Waals surface area contributed by atoms with E-state index in [4.69, 9.17) is 0 Å². The molecule has 0 heterocycles. The smallest absolute Gasteiger partial charge is 0.138 e. The van der Waals surface area contributed by atoms with Gasteiger partial charge in [0.1, 0.15) is 11.9 Å². The molecule has 0 aromatic rings. The number of aliphatic hydroxyl groups excluding tert-OH is 3. The van der Waals surface area contributed by atoms with Crippen molar-refractivity contribution >= 4 is 5.78 Å². The minimum atomic E-state index is -1.36. The number of carbonyl (C=O) groups excluding carboxylic acids is 1. The van der Waals surface area contributed by atoms with Gasteiger partial charge in [-0.25, -0.2) is 0 Å². The Morgan fingerprint density at radius 2 is 1.66 bits per heavy atom. The van der Waals surface area contributed by atoms with Crippen LogP contribution in [0.3, 0.4) is 0 Å². The number of hydrogen-bond donors (Lipinski definition) is 4. The molecule has 0 radical (unpaired) electrons. The normalized spacial score (nSPS) is 43.8.